The zero-order chi connectivity index (χ0) is 13.0. The standard InChI is InChI=1S/C16H16FN/c1-3-13-8-9-16(17)11-15(13)7-6-14-5-4-10-18-12(14)2/h3-5,8-11H,1,6-7H2,2H3. The molecule has 0 fully saturated rings. The second kappa shape index (κ2) is 5.58. The first-order chi connectivity index (χ1) is 8.70. The molecule has 0 saturated heterocycles. The second-order valence-electron chi connectivity index (χ2n) is 4.30. The molecule has 0 amide bonds. The number of pyridine rings is 1. The molecule has 0 radical (unpaired) electrons. The molecule has 2 aromatic rings. The van der Waals surface area contributed by atoms with E-state index in [2.05, 4.69) is 17.6 Å². The third kappa shape index (κ3) is 2.83. The van der Waals surface area contributed by atoms with Crippen LogP contribution in [0.4, 0.5) is 4.39 Å². The molecule has 1 aromatic carbocycles. The Bertz CT molecular complexity index is 561. The van der Waals surface area contributed by atoms with Gasteiger partial charge in [0.25, 0.3) is 0 Å². The summed E-state index contributed by atoms with van der Waals surface area (Å²) >= 11 is 0. The Morgan fingerprint density at radius 1 is 1.22 bits per heavy atom. The summed E-state index contributed by atoms with van der Waals surface area (Å²) in [5.74, 6) is -0.196. The quantitative estimate of drug-likeness (QED) is 0.789. The Morgan fingerprint density at radius 2 is 2.00 bits per heavy atom. The van der Waals surface area contributed by atoms with Crippen LogP contribution >= 0.6 is 0 Å². The highest BCUT2D eigenvalue weighted by atomic mass is 19.1. The van der Waals surface area contributed by atoms with Crippen molar-refractivity contribution in [2.24, 2.45) is 0 Å². The molecule has 1 nitrogen and oxygen atoms in total. The predicted molar refractivity (Wildman–Crippen MR) is 72.9 cm³/mol. The van der Waals surface area contributed by atoms with Gasteiger partial charge in [0.05, 0.1) is 0 Å². The lowest BCUT2D eigenvalue weighted by molar-refractivity contribution is 0.625. The summed E-state index contributed by atoms with van der Waals surface area (Å²) in [6.45, 7) is 5.75. The third-order valence-corrected chi connectivity index (χ3v) is 3.10. The molecule has 1 aromatic heterocycles. The summed E-state index contributed by atoms with van der Waals surface area (Å²) in [6, 6.07) is 8.82. The predicted octanol–water partition coefficient (Wildman–Crippen LogP) is 3.96. The largest absolute Gasteiger partial charge is 0.261 e. The number of hydrogen-bond acceptors (Lipinski definition) is 1. The van der Waals surface area contributed by atoms with Crippen LogP contribution in [0.3, 0.4) is 0 Å². The van der Waals surface area contributed by atoms with Gasteiger partial charge in [-0.1, -0.05) is 24.8 Å². The molecule has 0 bridgehead atoms. The van der Waals surface area contributed by atoms with Crippen molar-refractivity contribution >= 4 is 6.08 Å². The molecule has 0 aliphatic heterocycles. The first-order valence-electron chi connectivity index (χ1n) is 6.02. The highest BCUT2D eigenvalue weighted by Gasteiger charge is 2.04. The van der Waals surface area contributed by atoms with E-state index in [1.165, 1.54) is 11.6 Å². The molecule has 92 valence electrons. The average molecular weight is 241 g/mol. The number of nitrogens with zero attached hydrogens (tertiary/aromatic N) is 1. The number of benzene rings is 1. The van der Waals surface area contributed by atoms with E-state index in [0.29, 0.717) is 0 Å². The van der Waals surface area contributed by atoms with E-state index >= 15 is 0 Å². The molecular formula is C16H16FN. The van der Waals surface area contributed by atoms with E-state index < -0.39 is 0 Å². The Labute approximate surface area is 107 Å². The van der Waals surface area contributed by atoms with Crippen LogP contribution in [0.1, 0.15) is 22.4 Å². The summed E-state index contributed by atoms with van der Waals surface area (Å²) in [7, 11) is 0. The lowest BCUT2D eigenvalue weighted by atomic mass is 9.99. The van der Waals surface area contributed by atoms with Crippen LogP contribution in [0.2, 0.25) is 0 Å². The SMILES string of the molecule is C=Cc1ccc(F)cc1CCc1cccnc1C. The molecule has 0 unspecified atom stereocenters. The fourth-order valence-electron chi connectivity index (χ4n) is 2.04. The fraction of sp³-hybridized carbons (Fsp3) is 0.188. The smallest absolute Gasteiger partial charge is 0.123 e. The topological polar surface area (TPSA) is 12.9 Å². The van der Waals surface area contributed by atoms with E-state index in [4.69, 9.17) is 0 Å². The number of halogens is 1. The van der Waals surface area contributed by atoms with E-state index in [1.54, 1.807) is 24.4 Å². The van der Waals surface area contributed by atoms with Crippen LogP contribution in [0.15, 0.2) is 43.1 Å². The Hall–Kier alpha value is -1.96. The summed E-state index contributed by atoms with van der Waals surface area (Å²) in [5, 5.41) is 0. The van der Waals surface area contributed by atoms with Gasteiger partial charge < -0.3 is 0 Å². The molecule has 0 spiro atoms. The Kier molecular flexibility index (Phi) is 3.88. The van der Waals surface area contributed by atoms with Gasteiger partial charge in [0.15, 0.2) is 0 Å². The lowest BCUT2D eigenvalue weighted by Crippen LogP contribution is -1.98. The maximum Gasteiger partial charge on any atom is 0.123 e. The molecule has 0 saturated carbocycles. The van der Waals surface area contributed by atoms with E-state index in [-0.39, 0.29) is 5.82 Å². The minimum absolute atomic E-state index is 0.196. The average Bonchev–Trinajstić information content (AvgIpc) is 2.38. The van der Waals surface area contributed by atoms with Crippen molar-refractivity contribution in [2.45, 2.75) is 19.8 Å². The minimum Gasteiger partial charge on any atom is -0.261 e. The Balaban J connectivity index is 2.18. The molecule has 0 aliphatic carbocycles. The van der Waals surface area contributed by atoms with Crippen molar-refractivity contribution in [2.75, 3.05) is 0 Å². The van der Waals surface area contributed by atoms with Crippen LogP contribution in [-0.2, 0) is 12.8 Å². The van der Waals surface area contributed by atoms with Crippen LogP contribution < -0.4 is 0 Å². The van der Waals surface area contributed by atoms with Gasteiger partial charge in [0.1, 0.15) is 5.82 Å². The van der Waals surface area contributed by atoms with Crippen molar-refractivity contribution in [1.82, 2.24) is 4.98 Å². The van der Waals surface area contributed by atoms with Crippen LogP contribution in [0, 0.1) is 12.7 Å². The Morgan fingerprint density at radius 3 is 2.72 bits per heavy atom. The first-order valence-corrected chi connectivity index (χ1v) is 6.02. The summed E-state index contributed by atoms with van der Waals surface area (Å²) in [5.41, 5.74) is 4.23. The van der Waals surface area contributed by atoms with Crippen molar-refractivity contribution in [3.05, 3.63) is 71.3 Å². The van der Waals surface area contributed by atoms with Gasteiger partial charge in [-0.2, -0.15) is 0 Å². The molecule has 18 heavy (non-hydrogen) atoms. The molecule has 0 N–H and O–H groups in total. The van der Waals surface area contributed by atoms with Crippen molar-refractivity contribution < 1.29 is 4.39 Å². The zero-order valence-electron chi connectivity index (χ0n) is 10.5. The molecule has 1 heterocycles. The minimum atomic E-state index is -0.196. The normalized spacial score (nSPS) is 10.3. The maximum absolute atomic E-state index is 13.2. The number of rotatable bonds is 4. The van der Waals surface area contributed by atoms with Gasteiger partial charge in [0.2, 0.25) is 0 Å². The highest BCUT2D eigenvalue weighted by Crippen LogP contribution is 2.16. The number of aromatic nitrogens is 1. The summed E-state index contributed by atoms with van der Waals surface area (Å²) < 4.78 is 13.2. The molecule has 2 rings (SSSR count). The molecular weight excluding hydrogens is 225 g/mol. The third-order valence-electron chi connectivity index (χ3n) is 3.10. The lowest BCUT2D eigenvalue weighted by Gasteiger charge is -2.08. The van der Waals surface area contributed by atoms with Crippen molar-refractivity contribution in [3.63, 3.8) is 0 Å². The van der Waals surface area contributed by atoms with Gasteiger partial charge >= 0.3 is 0 Å². The van der Waals surface area contributed by atoms with Gasteiger partial charge in [-0.25, -0.2) is 4.39 Å². The van der Waals surface area contributed by atoms with E-state index in [9.17, 15) is 4.39 Å². The molecule has 2 heteroatoms. The van der Waals surface area contributed by atoms with Gasteiger partial charge in [-0.05, 0) is 54.7 Å². The monoisotopic (exact) mass is 241 g/mol. The van der Waals surface area contributed by atoms with Gasteiger partial charge in [-0.3, -0.25) is 4.98 Å². The number of hydrogen-bond donors (Lipinski definition) is 0. The first kappa shape index (κ1) is 12.5. The summed E-state index contributed by atoms with van der Waals surface area (Å²) in [6.07, 6.45) is 5.22. The van der Waals surface area contributed by atoms with Crippen LogP contribution in [0.5, 0.6) is 0 Å². The van der Waals surface area contributed by atoms with E-state index in [1.807, 2.05) is 13.0 Å². The number of aryl methyl sites for hydroxylation is 3. The second-order valence-corrected chi connectivity index (χ2v) is 4.30. The van der Waals surface area contributed by atoms with E-state index in [0.717, 1.165) is 29.7 Å². The molecule has 0 atom stereocenters. The van der Waals surface area contributed by atoms with Crippen LogP contribution in [-0.4, -0.2) is 4.98 Å². The van der Waals surface area contributed by atoms with Gasteiger partial charge in [-0.15, -0.1) is 0 Å². The van der Waals surface area contributed by atoms with Crippen LogP contribution in [0.25, 0.3) is 6.08 Å². The van der Waals surface area contributed by atoms with Gasteiger partial charge in [0, 0.05) is 11.9 Å². The fourth-order valence-corrected chi connectivity index (χ4v) is 2.04. The zero-order valence-corrected chi connectivity index (χ0v) is 10.5. The van der Waals surface area contributed by atoms with Crippen molar-refractivity contribution in [3.8, 4) is 0 Å². The molecule has 0 aliphatic rings. The highest BCUT2D eigenvalue weighted by molar-refractivity contribution is 5.52. The van der Waals surface area contributed by atoms with Crippen molar-refractivity contribution in [1.29, 1.82) is 0 Å². The maximum atomic E-state index is 13.2. The summed E-state index contributed by atoms with van der Waals surface area (Å²) in [4.78, 5) is 4.26.